The molecule has 1 aliphatic heterocycles. The normalized spacial score (nSPS) is 16.1. The molecule has 1 heterocycles. The molecular formula is C26H26N2O2. The van der Waals surface area contributed by atoms with Gasteiger partial charge >= 0.3 is 0 Å². The predicted octanol–water partition coefficient (Wildman–Crippen LogP) is 5.38. The van der Waals surface area contributed by atoms with E-state index < -0.39 is 0 Å². The highest BCUT2D eigenvalue weighted by Gasteiger charge is 2.30. The summed E-state index contributed by atoms with van der Waals surface area (Å²) in [6.07, 6.45) is 3.17. The molecule has 0 bridgehead atoms. The minimum Gasteiger partial charge on any atom is -0.335 e. The molecule has 30 heavy (non-hydrogen) atoms. The highest BCUT2D eigenvalue weighted by molar-refractivity contribution is 6.01. The van der Waals surface area contributed by atoms with Gasteiger partial charge in [0.15, 0.2) is 0 Å². The Hall–Kier alpha value is -3.40. The Balaban J connectivity index is 1.53. The SMILES string of the molecule is O=C(CC1CCCCN1C(=O)c1ccccc1-c1ccccc1)Nc1ccccc1. The Morgan fingerprint density at radius 2 is 1.50 bits per heavy atom. The molecule has 0 aliphatic carbocycles. The van der Waals surface area contributed by atoms with Crippen LogP contribution in [0.2, 0.25) is 0 Å². The number of piperidine rings is 1. The van der Waals surface area contributed by atoms with Crippen molar-refractivity contribution in [3.63, 3.8) is 0 Å². The van der Waals surface area contributed by atoms with E-state index in [1.807, 2.05) is 89.8 Å². The first kappa shape index (κ1) is 19.9. The first-order valence-electron chi connectivity index (χ1n) is 10.5. The fourth-order valence-corrected chi connectivity index (χ4v) is 4.12. The van der Waals surface area contributed by atoms with Gasteiger partial charge in [-0.3, -0.25) is 9.59 Å². The van der Waals surface area contributed by atoms with E-state index in [4.69, 9.17) is 0 Å². The van der Waals surface area contributed by atoms with Gasteiger partial charge in [-0.2, -0.15) is 0 Å². The summed E-state index contributed by atoms with van der Waals surface area (Å²) >= 11 is 0. The third kappa shape index (κ3) is 4.60. The molecule has 0 saturated carbocycles. The van der Waals surface area contributed by atoms with Crippen LogP contribution < -0.4 is 5.32 Å². The monoisotopic (exact) mass is 398 g/mol. The van der Waals surface area contributed by atoms with E-state index in [9.17, 15) is 9.59 Å². The maximum atomic E-state index is 13.5. The number of likely N-dealkylation sites (tertiary alicyclic amines) is 1. The number of hydrogen-bond donors (Lipinski definition) is 1. The van der Waals surface area contributed by atoms with Crippen molar-refractivity contribution in [3.8, 4) is 11.1 Å². The summed E-state index contributed by atoms with van der Waals surface area (Å²) in [6, 6.07) is 27.1. The quantitative estimate of drug-likeness (QED) is 0.627. The molecule has 1 saturated heterocycles. The number of carbonyl (C=O) groups excluding carboxylic acids is 2. The van der Waals surface area contributed by atoms with Gasteiger partial charge in [0.25, 0.3) is 5.91 Å². The van der Waals surface area contributed by atoms with Crippen LogP contribution in [0.5, 0.6) is 0 Å². The molecule has 2 amide bonds. The second-order valence-corrected chi connectivity index (χ2v) is 7.68. The molecule has 4 nitrogen and oxygen atoms in total. The molecule has 1 fully saturated rings. The average Bonchev–Trinajstić information content (AvgIpc) is 2.80. The van der Waals surface area contributed by atoms with E-state index in [0.717, 1.165) is 36.1 Å². The van der Waals surface area contributed by atoms with E-state index in [0.29, 0.717) is 18.5 Å². The number of carbonyl (C=O) groups is 2. The zero-order valence-electron chi connectivity index (χ0n) is 17.0. The molecule has 1 aliphatic rings. The standard InChI is InChI=1S/C26H26N2O2/c29-25(27-21-13-5-2-6-14-21)19-22-15-9-10-18-28(22)26(30)24-17-8-7-16-23(24)20-11-3-1-4-12-20/h1-8,11-14,16-17,22H,9-10,15,18-19H2,(H,27,29). The van der Waals surface area contributed by atoms with Crippen molar-refractivity contribution in [1.29, 1.82) is 0 Å². The minimum absolute atomic E-state index is 0.00617. The van der Waals surface area contributed by atoms with Crippen LogP contribution in [0.1, 0.15) is 36.0 Å². The van der Waals surface area contributed by atoms with Gasteiger partial charge in [0, 0.05) is 30.3 Å². The minimum atomic E-state index is -0.0845. The summed E-state index contributed by atoms with van der Waals surface area (Å²) in [5, 5.41) is 2.95. The Labute approximate surface area is 177 Å². The zero-order valence-corrected chi connectivity index (χ0v) is 17.0. The Bertz CT molecular complexity index is 1000. The molecule has 0 spiro atoms. The molecule has 0 radical (unpaired) electrons. The molecule has 4 heteroatoms. The number of rotatable bonds is 5. The lowest BCUT2D eigenvalue weighted by molar-refractivity contribution is -0.117. The largest absolute Gasteiger partial charge is 0.335 e. The summed E-state index contributed by atoms with van der Waals surface area (Å²) in [6.45, 7) is 0.686. The maximum Gasteiger partial charge on any atom is 0.254 e. The highest BCUT2D eigenvalue weighted by atomic mass is 16.2. The first-order valence-corrected chi connectivity index (χ1v) is 10.5. The number of benzene rings is 3. The summed E-state index contributed by atoms with van der Waals surface area (Å²) in [5.74, 6) is -0.0473. The fourth-order valence-electron chi connectivity index (χ4n) is 4.12. The van der Waals surface area contributed by atoms with E-state index in [1.54, 1.807) is 0 Å². The zero-order chi connectivity index (χ0) is 20.8. The van der Waals surface area contributed by atoms with Crippen molar-refractivity contribution >= 4 is 17.5 Å². The fraction of sp³-hybridized carbons (Fsp3) is 0.231. The average molecular weight is 399 g/mol. The summed E-state index contributed by atoms with van der Waals surface area (Å²) < 4.78 is 0. The van der Waals surface area contributed by atoms with Crippen LogP contribution in [-0.4, -0.2) is 29.3 Å². The van der Waals surface area contributed by atoms with Crippen LogP contribution in [0.3, 0.4) is 0 Å². The maximum absolute atomic E-state index is 13.5. The summed E-state index contributed by atoms with van der Waals surface area (Å²) in [7, 11) is 0. The number of hydrogen-bond acceptors (Lipinski definition) is 2. The summed E-state index contributed by atoms with van der Waals surface area (Å²) in [4.78, 5) is 28.1. The molecule has 1 N–H and O–H groups in total. The van der Waals surface area contributed by atoms with Gasteiger partial charge in [0.05, 0.1) is 0 Å². The topological polar surface area (TPSA) is 49.4 Å². The Kier molecular flexibility index (Phi) is 6.23. The van der Waals surface area contributed by atoms with Crippen molar-refractivity contribution in [2.24, 2.45) is 0 Å². The second kappa shape index (κ2) is 9.40. The predicted molar refractivity (Wildman–Crippen MR) is 120 cm³/mol. The van der Waals surface area contributed by atoms with Crippen molar-refractivity contribution in [2.45, 2.75) is 31.7 Å². The summed E-state index contributed by atoms with van der Waals surface area (Å²) in [5.41, 5.74) is 3.43. The van der Waals surface area contributed by atoms with Gasteiger partial charge in [-0.15, -0.1) is 0 Å². The third-order valence-corrected chi connectivity index (χ3v) is 5.61. The highest BCUT2D eigenvalue weighted by Crippen LogP contribution is 2.28. The first-order chi connectivity index (χ1) is 14.7. The van der Waals surface area contributed by atoms with Crippen LogP contribution in [-0.2, 0) is 4.79 Å². The number of para-hydroxylation sites is 1. The molecule has 152 valence electrons. The molecule has 0 aromatic heterocycles. The van der Waals surface area contributed by atoms with Crippen LogP contribution in [0, 0.1) is 0 Å². The molecule has 4 rings (SSSR count). The Morgan fingerprint density at radius 1 is 0.833 bits per heavy atom. The number of amides is 2. The van der Waals surface area contributed by atoms with Crippen LogP contribution >= 0.6 is 0 Å². The molecule has 3 aromatic rings. The number of nitrogens with zero attached hydrogens (tertiary/aromatic N) is 1. The van der Waals surface area contributed by atoms with E-state index >= 15 is 0 Å². The molecule has 1 atom stereocenters. The van der Waals surface area contributed by atoms with Crippen LogP contribution in [0.25, 0.3) is 11.1 Å². The van der Waals surface area contributed by atoms with E-state index in [-0.39, 0.29) is 17.9 Å². The second-order valence-electron chi connectivity index (χ2n) is 7.68. The molecule has 3 aromatic carbocycles. The van der Waals surface area contributed by atoms with E-state index in [2.05, 4.69) is 5.32 Å². The lowest BCUT2D eigenvalue weighted by Crippen LogP contribution is -2.45. The van der Waals surface area contributed by atoms with Crippen molar-refractivity contribution in [3.05, 3.63) is 90.5 Å². The van der Waals surface area contributed by atoms with E-state index in [1.165, 1.54) is 0 Å². The lowest BCUT2D eigenvalue weighted by atomic mass is 9.95. The van der Waals surface area contributed by atoms with Gasteiger partial charge in [-0.25, -0.2) is 0 Å². The molecular weight excluding hydrogens is 372 g/mol. The van der Waals surface area contributed by atoms with Crippen LogP contribution in [0.4, 0.5) is 5.69 Å². The van der Waals surface area contributed by atoms with Crippen molar-refractivity contribution in [2.75, 3.05) is 11.9 Å². The van der Waals surface area contributed by atoms with Crippen molar-refractivity contribution < 1.29 is 9.59 Å². The van der Waals surface area contributed by atoms with Gasteiger partial charge in [-0.1, -0.05) is 66.7 Å². The van der Waals surface area contributed by atoms with Gasteiger partial charge in [0.2, 0.25) is 5.91 Å². The van der Waals surface area contributed by atoms with Gasteiger partial charge in [-0.05, 0) is 48.6 Å². The molecule has 1 unspecified atom stereocenters. The van der Waals surface area contributed by atoms with Gasteiger partial charge < -0.3 is 10.2 Å². The Morgan fingerprint density at radius 3 is 2.27 bits per heavy atom. The van der Waals surface area contributed by atoms with Crippen molar-refractivity contribution in [1.82, 2.24) is 4.90 Å². The number of nitrogens with one attached hydrogen (secondary N) is 1. The third-order valence-electron chi connectivity index (χ3n) is 5.61. The smallest absolute Gasteiger partial charge is 0.254 e. The lowest BCUT2D eigenvalue weighted by Gasteiger charge is -2.36. The van der Waals surface area contributed by atoms with Gasteiger partial charge in [0.1, 0.15) is 0 Å². The van der Waals surface area contributed by atoms with Crippen LogP contribution in [0.15, 0.2) is 84.9 Å². The number of anilines is 1.